The highest BCUT2D eigenvalue weighted by Gasteiger charge is 2.24. The lowest BCUT2D eigenvalue weighted by molar-refractivity contribution is 0.0324. The fraction of sp³-hybridized carbons (Fsp3) is 0.700. The third-order valence-electron chi connectivity index (χ3n) is 5.59. The fourth-order valence-electron chi connectivity index (χ4n) is 4.12. The van der Waals surface area contributed by atoms with Crippen LogP contribution in [-0.4, -0.2) is 62.3 Å². The quantitative estimate of drug-likeness (QED) is 0.778. The minimum absolute atomic E-state index is 0.725. The summed E-state index contributed by atoms with van der Waals surface area (Å²) in [7, 11) is 2.31. The maximum atomic E-state index is 5.97. The average molecular weight is 351 g/mol. The molecule has 1 aromatic carbocycles. The van der Waals surface area contributed by atoms with Gasteiger partial charge in [0.05, 0.1) is 0 Å². The zero-order chi connectivity index (χ0) is 16.8. The van der Waals surface area contributed by atoms with Crippen LogP contribution in [-0.2, 0) is 11.2 Å². The molecule has 3 rings (SSSR count). The number of nitrogens with zero attached hydrogens (tertiary/aromatic N) is 2. The van der Waals surface area contributed by atoms with Gasteiger partial charge in [-0.3, -0.25) is 0 Å². The Morgan fingerprint density at radius 1 is 1.17 bits per heavy atom. The SMILES string of the molecule is CN(CC1CCCN(CCc2ccc(Cl)cc2)C1)C1CCOCC1. The Morgan fingerprint density at radius 3 is 2.67 bits per heavy atom. The van der Waals surface area contributed by atoms with Gasteiger partial charge in [-0.15, -0.1) is 0 Å². The molecule has 3 nitrogen and oxygen atoms in total. The van der Waals surface area contributed by atoms with E-state index in [9.17, 15) is 0 Å². The first-order valence-electron chi connectivity index (χ1n) is 9.45. The molecular weight excluding hydrogens is 320 g/mol. The number of halogens is 1. The lowest BCUT2D eigenvalue weighted by Crippen LogP contribution is -2.44. The van der Waals surface area contributed by atoms with Crippen molar-refractivity contribution in [1.29, 1.82) is 0 Å². The van der Waals surface area contributed by atoms with E-state index < -0.39 is 0 Å². The summed E-state index contributed by atoms with van der Waals surface area (Å²) in [5, 5.41) is 0.827. The van der Waals surface area contributed by atoms with Gasteiger partial charge in [-0.1, -0.05) is 23.7 Å². The van der Waals surface area contributed by atoms with E-state index in [-0.39, 0.29) is 0 Å². The zero-order valence-corrected chi connectivity index (χ0v) is 15.7. The van der Waals surface area contributed by atoms with Crippen molar-refractivity contribution in [3.05, 3.63) is 34.9 Å². The Balaban J connectivity index is 1.42. The Morgan fingerprint density at radius 2 is 1.92 bits per heavy atom. The van der Waals surface area contributed by atoms with Crippen LogP contribution >= 0.6 is 11.6 Å². The van der Waals surface area contributed by atoms with Crippen LogP contribution in [0.3, 0.4) is 0 Å². The Kier molecular flexibility index (Phi) is 6.96. The van der Waals surface area contributed by atoms with Crippen LogP contribution in [0, 0.1) is 5.92 Å². The minimum atomic E-state index is 0.725. The third kappa shape index (κ3) is 5.45. The van der Waals surface area contributed by atoms with Crippen LogP contribution in [0.4, 0.5) is 0 Å². The van der Waals surface area contributed by atoms with Gasteiger partial charge in [-0.25, -0.2) is 0 Å². The molecule has 2 fully saturated rings. The summed E-state index contributed by atoms with van der Waals surface area (Å²) in [6, 6.07) is 9.03. The van der Waals surface area contributed by atoms with Crippen molar-refractivity contribution >= 4 is 11.6 Å². The molecule has 1 unspecified atom stereocenters. The van der Waals surface area contributed by atoms with Crippen molar-refractivity contribution in [1.82, 2.24) is 9.80 Å². The Hall–Kier alpha value is -0.610. The van der Waals surface area contributed by atoms with Crippen LogP contribution in [0.5, 0.6) is 0 Å². The van der Waals surface area contributed by atoms with E-state index in [4.69, 9.17) is 16.3 Å². The number of likely N-dealkylation sites (tertiary alicyclic amines) is 1. The van der Waals surface area contributed by atoms with Gasteiger partial charge in [0.1, 0.15) is 0 Å². The second-order valence-electron chi connectivity index (χ2n) is 7.47. The maximum absolute atomic E-state index is 5.97. The van der Waals surface area contributed by atoms with Crippen LogP contribution in [0.1, 0.15) is 31.2 Å². The number of hydrogen-bond acceptors (Lipinski definition) is 3. The van der Waals surface area contributed by atoms with E-state index in [1.807, 2.05) is 12.1 Å². The summed E-state index contributed by atoms with van der Waals surface area (Å²) >= 11 is 5.97. The number of benzene rings is 1. The van der Waals surface area contributed by atoms with E-state index in [0.29, 0.717) is 0 Å². The summed E-state index contributed by atoms with van der Waals surface area (Å²) < 4.78 is 5.50. The van der Waals surface area contributed by atoms with E-state index in [1.54, 1.807) is 0 Å². The molecule has 4 heteroatoms. The number of rotatable bonds is 6. The topological polar surface area (TPSA) is 15.7 Å². The summed E-state index contributed by atoms with van der Waals surface area (Å²) in [5.74, 6) is 0.816. The molecule has 2 aliphatic heterocycles. The molecule has 0 amide bonds. The molecule has 0 bridgehead atoms. The van der Waals surface area contributed by atoms with Crippen LogP contribution < -0.4 is 0 Å². The Labute approximate surface area is 151 Å². The van der Waals surface area contributed by atoms with Gasteiger partial charge in [-0.2, -0.15) is 0 Å². The molecule has 0 saturated carbocycles. The Bertz CT molecular complexity index is 487. The predicted molar refractivity (Wildman–Crippen MR) is 101 cm³/mol. The van der Waals surface area contributed by atoms with Gasteiger partial charge in [-0.05, 0) is 69.3 Å². The number of ether oxygens (including phenoxy) is 1. The van der Waals surface area contributed by atoms with Gasteiger partial charge >= 0.3 is 0 Å². The maximum Gasteiger partial charge on any atom is 0.0480 e. The van der Waals surface area contributed by atoms with Gasteiger partial charge in [0.25, 0.3) is 0 Å². The highest BCUT2D eigenvalue weighted by Crippen LogP contribution is 2.21. The molecule has 0 aromatic heterocycles. The zero-order valence-electron chi connectivity index (χ0n) is 14.9. The van der Waals surface area contributed by atoms with Crippen molar-refractivity contribution in [3.8, 4) is 0 Å². The highest BCUT2D eigenvalue weighted by molar-refractivity contribution is 6.30. The second-order valence-corrected chi connectivity index (χ2v) is 7.90. The fourth-order valence-corrected chi connectivity index (χ4v) is 4.25. The first-order valence-corrected chi connectivity index (χ1v) is 9.83. The minimum Gasteiger partial charge on any atom is -0.381 e. The highest BCUT2D eigenvalue weighted by atomic mass is 35.5. The molecule has 0 N–H and O–H groups in total. The second kappa shape index (κ2) is 9.19. The first kappa shape index (κ1) is 18.2. The average Bonchev–Trinajstić information content (AvgIpc) is 2.62. The molecule has 2 aliphatic rings. The van der Waals surface area contributed by atoms with Crippen LogP contribution in [0.2, 0.25) is 5.02 Å². The molecule has 2 saturated heterocycles. The molecule has 134 valence electrons. The van der Waals surface area contributed by atoms with Crippen molar-refractivity contribution in [2.75, 3.05) is 46.4 Å². The summed E-state index contributed by atoms with van der Waals surface area (Å²) in [6.07, 6.45) is 6.24. The number of piperidine rings is 1. The molecule has 1 atom stereocenters. The monoisotopic (exact) mass is 350 g/mol. The smallest absolute Gasteiger partial charge is 0.0480 e. The molecule has 0 aliphatic carbocycles. The summed E-state index contributed by atoms with van der Waals surface area (Å²) in [6.45, 7) is 6.78. The molecule has 2 heterocycles. The number of hydrogen-bond donors (Lipinski definition) is 0. The normalized spacial score (nSPS) is 23.7. The van der Waals surface area contributed by atoms with Gasteiger partial charge in [0.15, 0.2) is 0 Å². The van der Waals surface area contributed by atoms with Crippen molar-refractivity contribution in [2.45, 2.75) is 38.1 Å². The van der Waals surface area contributed by atoms with Crippen molar-refractivity contribution < 1.29 is 4.74 Å². The first-order chi connectivity index (χ1) is 11.7. The van der Waals surface area contributed by atoms with Gasteiger partial charge < -0.3 is 14.5 Å². The van der Waals surface area contributed by atoms with E-state index >= 15 is 0 Å². The lowest BCUT2D eigenvalue weighted by Gasteiger charge is -2.38. The van der Waals surface area contributed by atoms with Gasteiger partial charge in [0.2, 0.25) is 0 Å². The summed E-state index contributed by atoms with van der Waals surface area (Å²) in [4.78, 5) is 5.25. The molecule has 0 spiro atoms. The van der Waals surface area contributed by atoms with E-state index in [1.165, 1.54) is 57.4 Å². The van der Waals surface area contributed by atoms with Crippen molar-refractivity contribution in [3.63, 3.8) is 0 Å². The largest absolute Gasteiger partial charge is 0.381 e. The van der Waals surface area contributed by atoms with Gasteiger partial charge in [0, 0.05) is 43.9 Å². The standard InChI is InChI=1S/C20H31ClN2O/c1-22(20-9-13-24-14-10-20)15-18-3-2-11-23(16-18)12-8-17-4-6-19(21)7-5-17/h4-7,18,20H,2-3,8-16H2,1H3. The molecule has 24 heavy (non-hydrogen) atoms. The van der Waals surface area contributed by atoms with Crippen LogP contribution in [0.15, 0.2) is 24.3 Å². The predicted octanol–water partition coefficient (Wildman–Crippen LogP) is 3.71. The molecule has 1 aromatic rings. The van der Waals surface area contributed by atoms with Crippen molar-refractivity contribution in [2.24, 2.45) is 5.92 Å². The third-order valence-corrected chi connectivity index (χ3v) is 5.85. The van der Waals surface area contributed by atoms with Crippen LogP contribution in [0.25, 0.3) is 0 Å². The molecule has 0 radical (unpaired) electrons. The summed E-state index contributed by atoms with van der Waals surface area (Å²) in [5.41, 5.74) is 1.39. The molecular formula is C20H31ClN2O. The lowest BCUT2D eigenvalue weighted by atomic mass is 9.95. The van der Waals surface area contributed by atoms with E-state index in [0.717, 1.165) is 36.6 Å². The van der Waals surface area contributed by atoms with E-state index in [2.05, 4.69) is 29.0 Å².